The van der Waals surface area contributed by atoms with Crippen LogP contribution in [0.4, 0.5) is 0 Å². The summed E-state index contributed by atoms with van der Waals surface area (Å²) in [6.45, 7) is 0. The Hall–Kier alpha value is 0.1000. The van der Waals surface area contributed by atoms with Crippen LogP contribution >= 0.6 is 46.2 Å². The second-order valence-corrected chi connectivity index (χ2v) is 6.80. The molecule has 0 nitrogen and oxygen atoms in total. The van der Waals surface area contributed by atoms with Crippen LogP contribution in [0.25, 0.3) is 0 Å². The Kier molecular flexibility index (Phi) is 1.75. The van der Waals surface area contributed by atoms with Crippen LogP contribution in [0.5, 0.6) is 0 Å². The highest BCUT2D eigenvalue weighted by Gasteiger charge is 2.18. The molecule has 4 heteroatoms. The largest absolute Gasteiger partial charge is 0.136 e. The van der Waals surface area contributed by atoms with E-state index in [0.717, 1.165) is 0 Å². The summed E-state index contributed by atoms with van der Waals surface area (Å²) >= 11 is 7.49. The van der Waals surface area contributed by atoms with E-state index in [4.69, 9.17) is 0 Å². The van der Waals surface area contributed by atoms with E-state index in [2.05, 4.69) is 22.9 Å². The number of hydrogen-bond donors (Lipinski definition) is 0. The van der Waals surface area contributed by atoms with Crippen LogP contribution in [-0.2, 0) is 0 Å². The van der Waals surface area contributed by atoms with Crippen molar-refractivity contribution in [3.8, 4) is 0 Å². The second-order valence-electron chi connectivity index (χ2n) is 2.35. The molecule has 0 radical (unpaired) electrons. The number of rotatable bonds is 0. The van der Waals surface area contributed by atoms with E-state index in [0.29, 0.717) is 0 Å². The van der Waals surface area contributed by atoms with E-state index in [9.17, 15) is 0 Å². The lowest BCUT2D eigenvalue weighted by Gasteiger charge is -2.09. The Morgan fingerprint density at radius 1 is 0.750 bits per heavy atom. The molecule has 0 saturated carbocycles. The van der Waals surface area contributed by atoms with Crippen molar-refractivity contribution in [3.63, 3.8) is 0 Å². The van der Waals surface area contributed by atoms with E-state index in [-0.39, 0.29) is 0 Å². The summed E-state index contributed by atoms with van der Waals surface area (Å²) in [5.74, 6) is 0. The van der Waals surface area contributed by atoms with E-state index >= 15 is 0 Å². The predicted octanol–water partition coefficient (Wildman–Crippen LogP) is 4.43. The molecule has 0 amide bonds. The van der Waals surface area contributed by atoms with Crippen molar-refractivity contribution in [2.75, 3.05) is 0 Å². The van der Waals surface area contributed by atoms with Gasteiger partial charge < -0.3 is 0 Å². The van der Waals surface area contributed by atoms with Crippen molar-refractivity contribution in [2.45, 2.75) is 18.2 Å². The second kappa shape index (κ2) is 2.80. The molecular weight excluding hydrogens is 224 g/mol. The zero-order valence-electron chi connectivity index (χ0n) is 5.94. The van der Waals surface area contributed by atoms with Crippen molar-refractivity contribution in [2.24, 2.45) is 0 Å². The van der Waals surface area contributed by atoms with Crippen molar-refractivity contribution in [1.29, 1.82) is 0 Å². The van der Waals surface area contributed by atoms with Gasteiger partial charge in [-0.25, -0.2) is 0 Å². The van der Waals surface area contributed by atoms with Crippen LogP contribution in [0.15, 0.2) is 41.1 Å². The minimum atomic E-state index is 1.43. The number of hydrogen-bond acceptors (Lipinski definition) is 4. The summed E-state index contributed by atoms with van der Waals surface area (Å²) in [5, 5.41) is 4.34. The average Bonchev–Trinajstić information content (AvgIpc) is 2.64. The summed E-state index contributed by atoms with van der Waals surface area (Å²) < 4.78 is 2.90. The molecule has 0 unspecified atom stereocenters. The zero-order chi connectivity index (χ0) is 7.97. The first-order chi connectivity index (χ1) is 5.93. The maximum Gasteiger partial charge on any atom is 0.0786 e. The Bertz CT molecular complexity index is 339. The highest BCUT2D eigenvalue weighted by atomic mass is 32.2. The topological polar surface area (TPSA) is 0 Å². The summed E-state index contributed by atoms with van der Waals surface area (Å²) in [5.41, 5.74) is 0. The minimum Gasteiger partial charge on any atom is -0.136 e. The van der Waals surface area contributed by atoms with Gasteiger partial charge in [0.2, 0.25) is 0 Å². The Labute approximate surface area is 87.0 Å². The first kappa shape index (κ1) is 7.50. The van der Waals surface area contributed by atoms with Gasteiger partial charge in [-0.15, -0.1) is 22.7 Å². The number of fused-ring (bicyclic) bond motifs is 2. The number of thiophene rings is 2. The molecule has 60 valence electrons. The predicted molar refractivity (Wildman–Crippen MR) is 56.9 cm³/mol. The van der Waals surface area contributed by atoms with E-state index in [1.54, 1.807) is 0 Å². The fourth-order valence-electron chi connectivity index (χ4n) is 1.07. The molecule has 3 heterocycles. The molecule has 0 aromatic carbocycles. The Balaban J connectivity index is 2.15. The molecule has 0 fully saturated rings. The van der Waals surface area contributed by atoms with Crippen LogP contribution in [0, 0.1) is 0 Å². The molecular formula is C8H4S4. The molecule has 1 aliphatic heterocycles. The van der Waals surface area contributed by atoms with Crippen molar-refractivity contribution < 1.29 is 0 Å². The molecule has 1 aliphatic rings. The summed E-state index contributed by atoms with van der Waals surface area (Å²) in [7, 11) is 0. The van der Waals surface area contributed by atoms with Crippen molar-refractivity contribution >= 4 is 46.2 Å². The molecule has 3 rings (SSSR count). The summed E-state index contributed by atoms with van der Waals surface area (Å²) in [4.78, 5) is 2.86. The SMILES string of the molecule is c1cc2c(s1)Sc1ccsc1S2. The molecule has 0 saturated heterocycles. The van der Waals surface area contributed by atoms with Gasteiger partial charge in [0.05, 0.1) is 8.42 Å². The van der Waals surface area contributed by atoms with E-state index in [1.807, 2.05) is 46.2 Å². The minimum absolute atomic E-state index is 1.43. The van der Waals surface area contributed by atoms with Gasteiger partial charge >= 0.3 is 0 Å². The van der Waals surface area contributed by atoms with Gasteiger partial charge in [0.1, 0.15) is 0 Å². The summed E-state index contributed by atoms with van der Waals surface area (Å²) in [6.07, 6.45) is 0. The van der Waals surface area contributed by atoms with Gasteiger partial charge in [-0.3, -0.25) is 0 Å². The first-order valence-corrected chi connectivity index (χ1v) is 6.83. The fourth-order valence-corrected chi connectivity index (χ4v) is 5.73. The van der Waals surface area contributed by atoms with Crippen LogP contribution < -0.4 is 0 Å². The average molecular weight is 228 g/mol. The molecule has 0 N–H and O–H groups in total. The van der Waals surface area contributed by atoms with E-state index < -0.39 is 0 Å². The van der Waals surface area contributed by atoms with Crippen LogP contribution in [0.1, 0.15) is 0 Å². The highest BCUT2D eigenvalue weighted by Crippen LogP contribution is 2.52. The van der Waals surface area contributed by atoms with Gasteiger partial charge in [-0.2, -0.15) is 0 Å². The third-order valence-electron chi connectivity index (χ3n) is 1.60. The van der Waals surface area contributed by atoms with Gasteiger partial charge in [-0.05, 0) is 22.9 Å². The fraction of sp³-hybridized carbons (Fsp3) is 0. The van der Waals surface area contributed by atoms with Crippen molar-refractivity contribution in [3.05, 3.63) is 22.9 Å². The molecule has 2 aromatic heterocycles. The van der Waals surface area contributed by atoms with Gasteiger partial charge in [0.15, 0.2) is 0 Å². The smallest absolute Gasteiger partial charge is 0.0786 e. The first-order valence-electron chi connectivity index (χ1n) is 3.44. The highest BCUT2D eigenvalue weighted by molar-refractivity contribution is 8.07. The van der Waals surface area contributed by atoms with Crippen LogP contribution in [0.3, 0.4) is 0 Å². The zero-order valence-corrected chi connectivity index (χ0v) is 9.21. The summed E-state index contributed by atoms with van der Waals surface area (Å²) in [6, 6.07) is 4.42. The molecule has 2 aromatic rings. The van der Waals surface area contributed by atoms with Crippen LogP contribution in [-0.4, -0.2) is 0 Å². The monoisotopic (exact) mass is 228 g/mol. The normalized spacial score (nSPS) is 14.0. The quantitative estimate of drug-likeness (QED) is 0.558. The van der Waals surface area contributed by atoms with Crippen LogP contribution in [0.2, 0.25) is 0 Å². The van der Waals surface area contributed by atoms with Gasteiger partial charge in [0, 0.05) is 9.79 Å². The van der Waals surface area contributed by atoms with Gasteiger partial charge in [-0.1, -0.05) is 23.5 Å². The molecule has 0 atom stereocenters. The Morgan fingerprint density at radius 2 is 1.25 bits per heavy atom. The maximum absolute atomic E-state index is 2.21. The third-order valence-corrected chi connectivity index (χ3v) is 6.53. The lowest BCUT2D eigenvalue weighted by atomic mass is 10.6. The molecule has 0 bridgehead atoms. The molecule has 0 aliphatic carbocycles. The lowest BCUT2D eigenvalue weighted by Crippen LogP contribution is -1.77. The van der Waals surface area contributed by atoms with E-state index in [1.165, 1.54) is 18.2 Å². The Morgan fingerprint density at radius 3 is 1.75 bits per heavy atom. The molecule has 12 heavy (non-hydrogen) atoms. The molecule has 0 spiro atoms. The third kappa shape index (κ3) is 1.06. The lowest BCUT2D eigenvalue weighted by molar-refractivity contribution is 1.29. The standard InChI is InChI=1S/C8H4S4/c1-3-9-7-5(1)11-8-6(12-7)2-4-10-8/h1-4H. The maximum atomic E-state index is 2.21. The van der Waals surface area contributed by atoms with Crippen molar-refractivity contribution in [1.82, 2.24) is 0 Å². The van der Waals surface area contributed by atoms with Gasteiger partial charge in [0.25, 0.3) is 0 Å².